The number of hydrogen-bond acceptors (Lipinski definition) is 18. The molecule has 3 amide bonds. The van der Waals surface area contributed by atoms with Gasteiger partial charge in [0, 0.05) is 171 Å². The summed E-state index contributed by atoms with van der Waals surface area (Å²) in [6, 6.07) is 22.6. The Hall–Kier alpha value is -9.31. The summed E-state index contributed by atoms with van der Waals surface area (Å²) in [5, 5.41) is 0. The van der Waals surface area contributed by atoms with E-state index in [1.165, 1.54) is 64.7 Å². The van der Waals surface area contributed by atoms with Crippen molar-refractivity contribution in [1.29, 1.82) is 0 Å². The van der Waals surface area contributed by atoms with E-state index in [-0.39, 0.29) is 17.7 Å². The van der Waals surface area contributed by atoms with Gasteiger partial charge in [-0.05, 0) is 138 Å². The number of nitrogens with zero attached hydrogens (tertiary/aromatic N) is 14. The van der Waals surface area contributed by atoms with Crippen LogP contribution in [0, 0.1) is 0 Å². The maximum absolute atomic E-state index is 12.8. The second-order valence-corrected chi connectivity index (χ2v) is 24.1. The van der Waals surface area contributed by atoms with Gasteiger partial charge in [0.2, 0.25) is 0 Å². The third-order valence-electron chi connectivity index (χ3n) is 18.6. The third-order valence-corrected chi connectivity index (χ3v) is 18.6. The highest BCUT2D eigenvalue weighted by atomic mass is 16.2. The Morgan fingerprint density at radius 2 is 0.769 bits per heavy atom. The van der Waals surface area contributed by atoms with Gasteiger partial charge in [-0.25, -0.2) is 0 Å². The van der Waals surface area contributed by atoms with Gasteiger partial charge in [0.25, 0.3) is 17.7 Å². The molecule has 91 heavy (non-hydrogen) atoms. The summed E-state index contributed by atoms with van der Waals surface area (Å²) in [6.45, 7) is 13.8. The molecule has 0 bridgehead atoms. The number of aromatic nitrogens is 8. The number of piperidine rings is 2. The molecule has 0 unspecified atom stereocenters. The SMILES string of the molecule is CCc1cncc(N)c1-c1cccnc1.Nc1cnccc1-c1ccc(C(=O)N2CCC(N3CCC3)CC2)nc1.Nc1cnccc1-c1ccc(C(=O)N2CCC(N3CCCC3)CC2)nc1.Nc1cnccc1-c1ccc(C(=O)N2CCN(C3CCC3)CC2)nc1. The first-order valence-corrected chi connectivity index (χ1v) is 32.2. The summed E-state index contributed by atoms with van der Waals surface area (Å²) in [5.41, 5.74) is 36.4. The van der Waals surface area contributed by atoms with Gasteiger partial charge in [-0.1, -0.05) is 37.6 Å². The first-order valence-electron chi connectivity index (χ1n) is 32.2. The Kier molecular flexibility index (Phi) is 21.2. The Bertz CT molecular complexity index is 3540. The Balaban J connectivity index is 0.000000127. The normalized spacial score (nSPS) is 17.4. The number of carbonyl (C=O) groups excluding carboxylic acids is 3. The van der Waals surface area contributed by atoms with Crippen LogP contribution in [0.3, 0.4) is 0 Å². The lowest BCUT2D eigenvalue weighted by atomic mass is 9.91. The molecule has 472 valence electrons. The van der Waals surface area contributed by atoms with Gasteiger partial charge >= 0.3 is 0 Å². The van der Waals surface area contributed by atoms with Crippen molar-refractivity contribution < 1.29 is 14.4 Å². The number of carbonyl (C=O) groups is 3. The summed E-state index contributed by atoms with van der Waals surface area (Å²) in [5.74, 6) is 0.0675. The van der Waals surface area contributed by atoms with E-state index in [0.29, 0.717) is 51.9 Å². The minimum absolute atomic E-state index is 0.0162. The predicted octanol–water partition coefficient (Wildman–Crippen LogP) is 8.79. The van der Waals surface area contributed by atoms with E-state index in [1.807, 2.05) is 75.6 Å². The van der Waals surface area contributed by atoms with Crippen molar-refractivity contribution in [3.63, 3.8) is 0 Å². The molecule has 8 N–H and O–H groups in total. The van der Waals surface area contributed by atoms with E-state index >= 15 is 0 Å². The van der Waals surface area contributed by atoms with Crippen molar-refractivity contribution in [2.75, 3.05) is 101 Å². The van der Waals surface area contributed by atoms with Crippen LogP contribution in [-0.2, 0) is 6.42 Å². The van der Waals surface area contributed by atoms with E-state index in [4.69, 9.17) is 22.9 Å². The molecule has 1 saturated carbocycles. The molecule has 8 aromatic rings. The molecule has 1 aliphatic carbocycles. The van der Waals surface area contributed by atoms with Crippen molar-refractivity contribution in [1.82, 2.24) is 69.3 Å². The molecule has 5 aliphatic heterocycles. The summed E-state index contributed by atoms with van der Waals surface area (Å²) >= 11 is 0. The molecule has 0 radical (unpaired) electrons. The number of nitrogen functional groups attached to an aromatic ring is 4. The van der Waals surface area contributed by atoms with Crippen molar-refractivity contribution in [3.8, 4) is 44.5 Å². The Labute approximate surface area is 533 Å². The van der Waals surface area contributed by atoms with E-state index < -0.39 is 0 Å². The number of nitrogens with two attached hydrogens (primary N) is 4. The van der Waals surface area contributed by atoms with E-state index in [9.17, 15) is 14.4 Å². The van der Waals surface area contributed by atoms with Gasteiger partial charge in [0.05, 0.1) is 47.5 Å². The standard InChI is InChI=1S/C20H25N5O.2C19H23N5O.C12H13N3/c21-18-14-22-8-5-17(18)15-3-4-19(23-13-15)20(26)25-11-6-16(7-12-25)24-9-1-2-10-24;20-17-13-21-7-4-16(17)14-2-3-18(22-12-14)19(25)24-10-5-15(6-11-24)23-8-1-9-23;20-17-13-21-7-6-16(17)14-4-5-18(22-12-14)19(25)24-10-8-23(9-11-24)15-2-1-3-15;1-2-9-6-15-8-11(13)12(9)10-4-3-5-14-7-10/h3-5,8,13-14,16H,1-2,6-7,9-12,21H2;2-4,7,12-13,15H,1,5-6,8-11,20H2;4-7,12-13,15H,1-3,8-11,20H2;3-8H,2,13H2,1H3. The van der Waals surface area contributed by atoms with Crippen LogP contribution in [-0.4, -0.2) is 184 Å². The first-order chi connectivity index (χ1) is 44.5. The van der Waals surface area contributed by atoms with Gasteiger partial charge in [0.15, 0.2) is 0 Å². The minimum Gasteiger partial charge on any atom is -0.397 e. The fraction of sp³-hybridized carbons (Fsp3) is 0.386. The Morgan fingerprint density at radius 1 is 0.374 bits per heavy atom. The van der Waals surface area contributed by atoms with Crippen molar-refractivity contribution >= 4 is 40.5 Å². The molecule has 6 aliphatic rings. The molecular weight excluding hydrogens is 1140 g/mol. The van der Waals surface area contributed by atoms with Crippen LogP contribution >= 0.6 is 0 Å². The van der Waals surface area contributed by atoms with Crippen LogP contribution in [0.1, 0.15) is 108 Å². The number of aryl methyl sites for hydroxylation is 1. The molecule has 0 spiro atoms. The molecule has 0 aromatic carbocycles. The number of pyridine rings is 8. The molecule has 21 heteroatoms. The highest BCUT2D eigenvalue weighted by Crippen LogP contribution is 2.32. The molecule has 14 rings (SSSR count). The Morgan fingerprint density at radius 3 is 1.12 bits per heavy atom. The van der Waals surface area contributed by atoms with Gasteiger partial charge in [-0.15, -0.1) is 0 Å². The highest BCUT2D eigenvalue weighted by molar-refractivity contribution is 5.94. The van der Waals surface area contributed by atoms with Crippen LogP contribution < -0.4 is 22.9 Å². The van der Waals surface area contributed by atoms with Crippen molar-refractivity contribution in [3.05, 3.63) is 170 Å². The van der Waals surface area contributed by atoms with Crippen LogP contribution in [0.4, 0.5) is 22.7 Å². The number of anilines is 4. The third kappa shape index (κ3) is 15.6. The topological polar surface area (TPSA) is 278 Å². The van der Waals surface area contributed by atoms with Crippen LogP contribution in [0.15, 0.2) is 147 Å². The molecule has 0 atom stereocenters. The maximum Gasteiger partial charge on any atom is 0.272 e. The highest BCUT2D eigenvalue weighted by Gasteiger charge is 2.33. The van der Waals surface area contributed by atoms with Crippen molar-refractivity contribution in [2.24, 2.45) is 0 Å². The zero-order valence-electron chi connectivity index (χ0n) is 52.1. The lowest BCUT2D eigenvalue weighted by molar-refractivity contribution is 0.0450. The first kappa shape index (κ1) is 63.3. The molecule has 13 heterocycles. The summed E-state index contributed by atoms with van der Waals surface area (Å²) in [7, 11) is 0. The molecule has 5 saturated heterocycles. The molecule has 21 nitrogen and oxygen atoms in total. The van der Waals surface area contributed by atoms with E-state index in [0.717, 1.165) is 141 Å². The van der Waals surface area contributed by atoms with Gasteiger partial charge in [-0.3, -0.25) is 59.2 Å². The largest absolute Gasteiger partial charge is 0.397 e. The zero-order chi connectivity index (χ0) is 63.1. The maximum atomic E-state index is 12.8. The number of amides is 3. The predicted molar refractivity (Wildman–Crippen MR) is 357 cm³/mol. The van der Waals surface area contributed by atoms with Crippen molar-refractivity contribution in [2.45, 2.75) is 95.7 Å². The lowest BCUT2D eigenvalue weighted by Gasteiger charge is -2.42. The lowest BCUT2D eigenvalue weighted by Crippen LogP contribution is -2.53. The zero-order valence-corrected chi connectivity index (χ0v) is 52.1. The fourth-order valence-electron chi connectivity index (χ4n) is 12.9. The van der Waals surface area contributed by atoms with E-state index in [2.05, 4.69) is 61.5 Å². The summed E-state index contributed by atoms with van der Waals surface area (Å²) in [6.07, 6.45) is 35.4. The smallest absolute Gasteiger partial charge is 0.272 e. The number of likely N-dealkylation sites (tertiary alicyclic amines) is 4. The molecule has 8 aromatic heterocycles. The number of hydrogen-bond donors (Lipinski definition) is 4. The fourth-order valence-corrected chi connectivity index (χ4v) is 12.9. The summed E-state index contributed by atoms with van der Waals surface area (Å²) < 4.78 is 0. The minimum atomic E-state index is 0.0162. The second kappa shape index (κ2) is 30.5. The average Bonchev–Trinajstić information content (AvgIpc) is 2.51. The summed E-state index contributed by atoms with van der Waals surface area (Å²) in [4.78, 5) is 84.9. The van der Waals surface area contributed by atoms with E-state index in [1.54, 1.807) is 86.4 Å². The average molecular weight is 1230 g/mol. The van der Waals surface area contributed by atoms with Crippen LogP contribution in [0.5, 0.6) is 0 Å². The quantitative estimate of drug-likeness (QED) is 0.0941. The van der Waals surface area contributed by atoms with Gasteiger partial charge < -0.3 is 47.4 Å². The number of piperazine rings is 1. The second-order valence-electron chi connectivity index (χ2n) is 24.1. The van der Waals surface area contributed by atoms with Crippen LogP contribution in [0.2, 0.25) is 0 Å². The van der Waals surface area contributed by atoms with Gasteiger partial charge in [0.1, 0.15) is 17.1 Å². The monoisotopic (exact) mass is 1220 g/mol. The molecule has 6 fully saturated rings. The number of rotatable bonds is 11. The molecular formula is C70H84N18O3. The van der Waals surface area contributed by atoms with Gasteiger partial charge in [-0.2, -0.15) is 0 Å². The van der Waals surface area contributed by atoms with Crippen LogP contribution in [0.25, 0.3) is 44.5 Å².